The van der Waals surface area contributed by atoms with Crippen LogP contribution < -0.4 is 10.0 Å². The maximum Gasteiger partial charge on any atom is 0.273 e. The molecule has 2 N–H and O–H groups in total. The molecule has 0 aliphatic carbocycles. The molecule has 2 rings (SSSR count). The number of aromatic nitrogens is 1. The highest BCUT2D eigenvalue weighted by molar-refractivity contribution is 7.89. The van der Waals surface area contributed by atoms with Crippen molar-refractivity contribution in [3.63, 3.8) is 0 Å². The topological polar surface area (TPSA) is 104 Å². The number of nitrogens with one attached hydrogen (secondary N) is 2. The molecule has 2 aromatic rings. The molecule has 0 saturated heterocycles. The number of anilines is 1. The van der Waals surface area contributed by atoms with Crippen LogP contribution >= 0.6 is 11.6 Å². The Kier molecular flexibility index (Phi) is 5.65. The summed E-state index contributed by atoms with van der Waals surface area (Å²) in [6, 6.07) is 5.17. The highest BCUT2D eigenvalue weighted by Gasteiger charge is 2.30. The maximum absolute atomic E-state index is 13.4. The summed E-state index contributed by atoms with van der Waals surface area (Å²) in [5.41, 5.74) is -0.882. The standard InChI is InChI=1S/C17H18ClFN4O3S/c1-17(2,3)22-27(25,26)13-9-23(4)15(14(13)18)16(24)21-11-5-6-12(19)10(7-11)8-20/h5-7,9,22H,1-4H3,(H,21,24). The Morgan fingerprint density at radius 1 is 1.33 bits per heavy atom. The lowest BCUT2D eigenvalue weighted by Crippen LogP contribution is -2.40. The molecule has 0 atom stereocenters. The van der Waals surface area contributed by atoms with Gasteiger partial charge in [0.25, 0.3) is 5.91 Å². The minimum Gasteiger partial charge on any atom is -0.344 e. The van der Waals surface area contributed by atoms with Crippen LogP contribution in [0.4, 0.5) is 10.1 Å². The van der Waals surface area contributed by atoms with Gasteiger partial charge >= 0.3 is 0 Å². The molecule has 144 valence electrons. The number of sulfonamides is 1. The van der Waals surface area contributed by atoms with Crippen molar-refractivity contribution in [3.8, 4) is 6.07 Å². The van der Waals surface area contributed by atoms with E-state index in [1.54, 1.807) is 26.8 Å². The van der Waals surface area contributed by atoms with Gasteiger partial charge in [0.1, 0.15) is 22.5 Å². The first-order valence-corrected chi connectivity index (χ1v) is 9.61. The van der Waals surface area contributed by atoms with Gasteiger partial charge in [-0.2, -0.15) is 5.26 Å². The quantitative estimate of drug-likeness (QED) is 0.805. The molecule has 0 unspecified atom stereocenters. The predicted octanol–water partition coefficient (Wildman–Crippen LogP) is 3.02. The molecule has 0 spiro atoms. The number of amides is 1. The van der Waals surface area contributed by atoms with E-state index in [0.29, 0.717) is 0 Å². The Morgan fingerprint density at radius 3 is 2.52 bits per heavy atom. The number of rotatable bonds is 4. The fourth-order valence-electron chi connectivity index (χ4n) is 2.35. The molecule has 0 fully saturated rings. The summed E-state index contributed by atoms with van der Waals surface area (Å²) >= 11 is 6.17. The first-order valence-electron chi connectivity index (χ1n) is 7.75. The van der Waals surface area contributed by atoms with Crippen molar-refractivity contribution in [3.05, 3.63) is 46.5 Å². The molecule has 0 bridgehead atoms. The van der Waals surface area contributed by atoms with E-state index in [1.165, 1.54) is 29.9 Å². The normalized spacial score (nSPS) is 11.9. The molecule has 1 amide bonds. The van der Waals surface area contributed by atoms with Gasteiger partial charge in [-0.3, -0.25) is 4.79 Å². The van der Waals surface area contributed by atoms with Gasteiger partial charge in [0.2, 0.25) is 10.0 Å². The van der Waals surface area contributed by atoms with E-state index in [9.17, 15) is 17.6 Å². The van der Waals surface area contributed by atoms with Gasteiger partial charge in [-0.05, 0) is 39.0 Å². The first kappa shape index (κ1) is 20.9. The number of carbonyl (C=O) groups excluding carboxylic acids is 1. The van der Waals surface area contributed by atoms with Crippen molar-refractivity contribution in [2.24, 2.45) is 7.05 Å². The summed E-state index contributed by atoms with van der Waals surface area (Å²) in [4.78, 5) is 12.3. The third-order valence-corrected chi connectivity index (χ3v) is 5.64. The molecule has 0 saturated carbocycles. The Bertz CT molecular complexity index is 1050. The van der Waals surface area contributed by atoms with E-state index in [1.807, 2.05) is 0 Å². The van der Waals surface area contributed by atoms with Gasteiger partial charge in [-0.25, -0.2) is 17.5 Å². The summed E-state index contributed by atoms with van der Waals surface area (Å²) in [7, 11) is -2.47. The zero-order valence-electron chi connectivity index (χ0n) is 15.1. The molecular weight excluding hydrogens is 395 g/mol. The maximum atomic E-state index is 13.4. The van der Waals surface area contributed by atoms with E-state index in [2.05, 4.69) is 10.0 Å². The fraction of sp³-hybridized carbons (Fsp3) is 0.294. The zero-order valence-corrected chi connectivity index (χ0v) is 16.7. The van der Waals surface area contributed by atoms with E-state index in [-0.39, 0.29) is 26.9 Å². The van der Waals surface area contributed by atoms with Gasteiger partial charge < -0.3 is 9.88 Å². The van der Waals surface area contributed by atoms with Gasteiger partial charge in [0.15, 0.2) is 0 Å². The Balaban J connectivity index is 2.39. The van der Waals surface area contributed by atoms with Crippen molar-refractivity contribution in [1.82, 2.24) is 9.29 Å². The van der Waals surface area contributed by atoms with Gasteiger partial charge in [-0.15, -0.1) is 0 Å². The van der Waals surface area contributed by atoms with E-state index in [4.69, 9.17) is 16.9 Å². The van der Waals surface area contributed by atoms with Crippen LogP contribution in [-0.2, 0) is 17.1 Å². The van der Waals surface area contributed by atoms with Crippen molar-refractivity contribution < 1.29 is 17.6 Å². The van der Waals surface area contributed by atoms with Crippen molar-refractivity contribution in [2.45, 2.75) is 31.2 Å². The molecule has 10 heteroatoms. The largest absolute Gasteiger partial charge is 0.344 e. The zero-order chi connectivity index (χ0) is 20.6. The van der Waals surface area contributed by atoms with Crippen molar-refractivity contribution in [1.29, 1.82) is 5.26 Å². The number of nitrogens with zero attached hydrogens (tertiary/aromatic N) is 2. The number of hydrogen-bond acceptors (Lipinski definition) is 4. The smallest absolute Gasteiger partial charge is 0.273 e. The first-order chi connectivity index (χ1) is 12.4. The molecule has 1 heterocycles. The number of nitriles is 1. The second-order valence-corrected chi connectivity index (χ2v) is 8.91. The van der Waals surface area contributed by atoms with Crippen LogP contribution in [0.1, 0.15) is 36.8 Å². The molecule has 0 radical (unpaired) electrons. The van der Waals surface area contributed by atoms with Crippen LogP contribution in [0.3, 0.4) is 0 Å². The Morgan fingerprint density at radius 2 is 1.96 bits per heavy atom. The number of aryl methyl sites for hydroxylation is 1. The molecular formula is C17H18ClFN4O3S. The second-order valence-electron chi connectivity index (χ2n) is 6.88. The van der Waals surface area contributed by atoms with E-state index < -0.39 is 27.3 Å². The number of carbonyl (C=O) groups is 1. The van der Waals surface area contributed by atoms with Crippen LogP contribution in [0, 0.1) is 17.1 Å². The fourth-order valence-corrected chi connectivity index (χ4v) is 4.47. The van der Waals surface area contributed by atoms with Gasteiger partial charge in [0.05, 0.1) is 10.6 Å². The molecule has 0 aliphatic rings. The SMILES string of the molecule is Cn1cc(S(=O)(=O)NC(C)(C)C)c(Cl)c1C(=O)Nc1ccc(F)c(C#N)c1. The predicted molar refractivity (Wildman–Crippen MR) is 99.6 cm³/mol. The minimum absolute atomic E-state index is 0.0891. The number of benzene rings is 1. The van der Waals surface area contributed by atoms with Crippen LogP contribution in [0.15, 0.2) is 29.3 Å². The average Bonchev–Trinajstić information content (AvgIpc) is 2.82. The summed E-state index contributed by atoms with van der Waals surface area (Å²) in [6.07, 6.45) is 1.23. The van der Waals surface area contributed by atoms with Crippen LogP contribution in [0.25, 0.3) is 0 Å². The van der Waals surface area contributed by atoms with Crippen LogP contribution in [0.5, 0.6) is 0 Å². The molecule has 1 aromatic heterocycles. The third kappa shape index (κ3) is 4.66. The summed E-state index contributed by atoms with van der Waals surface area (Å²) < 4.78 is 42.2. The highest BCUT2D eigenvalue weighted by Crippen LogP contribution is 2.29. The van der Waals surface area contributed by atoms with E-state index >= 15 is 0 Å². The van der Waals surface area contributed by atoms with Crippen molar-refractivity contribution in [2.75, 3.05) is 5.32 Å². The van der Waals surface area contributed by atoms with Crippen molar-refractivity contribution >= 4 is 33.2 Å². The molecule has 27 heavy (non-hydrogen) atoms. The molecule has 7 nitrogen and oxygen atoms in total. The summed E-state index contributed by atoms with van der Waals surface area (Å²) in [5.74, 6) is -1.41. The monoisotopic (exact) mass is 412 g/mol. The van der Waals surface area contributed by atoms with Gasteiger partial charge in [-0.1, -0.05) is 11.6 Å². The molecule has 0 aliphatic heterocycles. The van der Waals surface area contributed by atoms with Crippen LogP contribution in [0.2, 0.25) is 5.02 Å². The lowest BCUT2D eigenvalue weighted by molar-refractivity contribution is 0.101. The van der Waals surface area contributed by atoms with Gasteiger partial charge in [0, 0.05) is 24.5 Å². The highest BCUT2D eigenvalue weighted by atomic mass is 35.5. The summed E-state index contributed by atoms with van der Waals surface area (Å²) in [6.45, 7) is 5.03. The third-order valence-electron chi connectivity index (χ3n) is 3.38. The Hall–Kier alpha value is -2.41. The van der Waals surface area contributed by atoms with Crippen LogP contribution in [-0.4, -0.2) is 24.4 Å². The Labute approximate surface area is 161 Å². The molecule has 1 aromatic carbocycles. The second kappa shape index (κ2) is 7.31. The minimum atomic E-state index is -3.95. The lowest BCUT2D eigenvalue weighted by Gasteiger charge is -2.19. The number of hydrogen-bond donors (Lipinski definition) is 2. The average molecular weight is 413 g/mol. The summed E-state index contributed by atoms with van der Waals surface area (Å²) in [5, 5.41) is 11.1. The van der Waals surface area contributed by atoms with E-state index in [0.717, 1.165) is 6.07 Å². The lowest BCUT2D eigenvalue weighted by atomic mass is 10.1. The number of halogens is 2.